The molecule has 0 rings (SSSR count). The maximum Gasteiger partial charge on any atom is 0.337 e. The van der Waals surface area contributed by atoms with Gasteiger partial charge in [-0.25, -0.2) is 9.59 Å². The summed E-state index contributed by atoms with van der Waals surface area (Å²) in [5.74, 6) is -1.37. The lowest BCUT2D eigenvalue weighted by Crippen LogP contribution is -2.50. The van der Waals surface area contributed by atoms with E-state index < -0.39 is 17.6 Å². The fraction of sp³-hybridized carbons (Fsp3) is 0.846. The van der Waals surface area contributed by atoms with E-state index in [1.165, 1.54) is 0 Å². The summed E-state index contributed by atoms with van der Waals surface area (Å²) >= 11 is 0. The van der Waals surface area contributed by atoms with E-state index in [1.807, 2.05) is 0 Å². The number of carbonyl (C=O) groups excluding carboxylic acids is 1. The second-order valence-corrected chi connectivity index (χ2v) is 5.61. The summed E-state index contributed by atoms with van der Waals surface area (Å²) in [5.41, 5.74) is -1.96. The molecule has 0 saturated heterocycles. The third-order valence-corrected chi connectivity index (χ3v) is 3.04. The van der Waals surface area contributed by atoms with Crippen molar-refractivity contribution in [2.45, 2.75) is 52.3 Å². The first-order chi connectivity index (χ1) is 9.08. The molecule has 0 aliphatic rings. The van der Waals surface area contributed by atoms with Gasteiger partial charge < -0.3 is 20.8 Å². The molecule has 0 aromatic rings. The van der Waals surface area contributed by atoms with E-state index in [0.29, 0.717) is 25.2 Å². The van der Waals surface area contributed by atoms with Crippen molar-refractivity contribution in [3.8, 4) is 0 Å². The van der Waals surface area contributed by atoms with Crippen molar-refractivity contribution < 1.29 is 19.8 Å². The molecule has 0 aromatic heterocycles. The average molecular weight is 289 g/mol. The van der Waals surface area contributed by atoms with Crippen LogP contribution in [0.25, 0.3) is 0 Å². The van der Waals surface area contributed by atoms with Gasteiger partial charge in [-0.2, -0.15) is 0 Å². The summed E-state index contributed by atoms with van der Waals surface area (Å²) in [7, 11) is 0. The van der Waals surface area contributed by atoms with Crippen molar-refractivity contribution in [2.75, 3.05) is 19.6 Å². The Kier molecular flexibility index (Phi) is 7.52. The molecule has 118 valence electrons. The highest BCUT2D eigenvalue weighted by Gasteiger charge is 2.30. The van der Waals surface area contributed by atoms with Crippen molar-refractivity contribution in [1.82, 2.24) is 15.5 Å². The molecule has 0 saturated carbocycles. The molecule has 7 nitrogen and oxygen atoms in total. The van der Waals surface area contributed by atoms with Gasteiger partial charge in [0, 0.05) is 25.2 Å². The number of amides is 2. The lowest BCUT2D eigenvalue weighted by Gasteiger charge is -2.30. The number of carboxylic acids is 1. The molecule has 2 amide bonds. The van der Waals surface area contributed by atoms with Gasteiger partial charge in [-0.1, -0.05) is 0 Å². The number of aliphatic hydroxyl groups is 1. The number of nitrogens with one attached hydrogen (secondary N) is 2. The summed E-state index contributed by atoms with van der Waals surface area (Å²) in [6.45, 7) is 10.3. The SMILES string of the molecule is CC(C)N(CCNC(=O)NCC(C)(O)C(=O)O)C(C)C. The molecule has 0 fully saturated rings. The molecule has 1 atom stereocenters. The highest BCUT2D eigenvalue weighted by atomic mass is 16.4. The largest absolute Gasteiger partial charge is 0.479 e. The van der Waals surface area contributed by atoms with Crippen LogP contribution in [0.2, 0.25) is 0 Å². The summed E-state index contributed by atoms with van der Waals surface area (Å²) in [6, 6.07) is 0.277. The zero-order chi connectivity index (χ0) is 15.9. The predicted octanol–water partition coefficient (Wildman–Crippen LogP) is 0.240. The number of hydrogen-bond donors (Lipinski definition) is 4. The Morgan fingerprint density at radius 2 is 1.65 bits per heavy atom. The van der Waals surface area contributed by atoms with Gasteiger partial charge in [-0.05, 0) is 34.6 Å². The Morgan fingerprint density at radius 1 is 1.15 bits per heavy atom. The first kappa shape index (κ1) is 18.7. The Hall–Kier alpha value is -1.34. The normalized spacial score (nSPS) is 14.4. The molecule has 1 unspecified atom stereocenters. The van der Waals surface area contributed by atoms with Crippen LogP contribution in [0.5, 0.6) is 0 Å². The molecule has 0 aliphatic heterocycles. The second kappa shape index (κ2) is 8.06. The fourth-order valence-electron chi connectivity index (χ4n) is 1.80. The van der Waals surface area contributed by atoms with Gasteiger partial charge in [0.05, 0.1) is 6.54 Å². The lowest BCUT2D eigenvalue weighted by molar-refractivity contribution is -0.155. The molecule has 0 heterocycles. The Balaban J connectivity index is 4.03. The maximum absolute atomic E-state index is 11.5. The van der Waals surface area contributed by atoms with E-state index in [9.17, 15) is 14.7 Å². The summed E-state index contributed by atoms with van der Waals surface area (Å²) < 4.78 is 0. The number of nitrogens with zero attached hydrogens (tertiary/aromatic N) is 1. The molecule has 0 spiro atoms. The molecular weight excluding hydrogens is 262 g/mol. The molecule has 0 radical (unpaired) electrons. The van der Waals surface area contributed by atoms with E-state index in [2.05, 4.69) is 43.2 Å². The minimum Gasteiger partial charge on any atom is -0.479 e. The van der Waals surface area contributed by atoms with Gasteiger partial charge >= 0.3 is 12.0 Å². The van der Waals surface area contributed by atoms with Gasteiger partial charge in [0.2, 0.25) is 0 Å². The number of rotatable bonds is 8. The predicted molar refractivity (Wildman–Crippen MR) is 76.6 cm³/mol. The lowest BCUT2D eigenvalue weighted by atomic mass is 10.1. The first-order valence-corrected chi connectivity index (χ1v) is 6.81. The fourth-order valence-corrected chi connectivity index (χ4v) is 1.80. The van der Waals surface area contributed by atoms with Crippen molar-refractivity contribution in [1.29, 1.82) is 0 Å². The maximum atomic E-state index is 11.5. The van der Waals surface area contributed by atoms with E-state index in [4.69, 9.17) is 5.11 Å². The highest BCUT2D eigenvalue weighted by Crippen LogP contribution is 2.03. The zero-order valence-electron chi connectivity index (χ0n) is 12.9. The van der Waals surface area contributed by atoms with Crippen LogP contribution in [-0.4, -0.2) is 64.4 Å². The Bertz CT molecular complexity index is 322. The van der Waals surface area contributed by atoms with Crippen LogP contribution in [0.4, 0.5) is 4.79 Å². The third-order valence-electron chi connectivity index (χ3n) is 3.04. The quantitative estimate of drug-likeness (QED) is 0.513. The topological polar surface area (TPSA) is 102 Å². The standard InChI is InChI=1S/C13H27N3O4/c1-9(2)16(10(3)4)7-6-14-12(19)15-8-13(5,20)11(17)18/h9-10,20H,6-8H2,1-5H3,(H,17,18)(H2,14,15,19). The molecule has 4 N–H and O–H groups in total. The second-order valence-electron chi connectivity index (χ2n) is 5.61. The van der Waals surface area contributed by atoms with Crippen LogP contribution in [0.3, 0.4) is 0 Å². The summed E-state index contributed by atoms with van der Waals surface area (Å²) in [5, 5.41) is 23.1. The monoisotopic (exact) mass is 289 g/mol. The number of urea groups is 1. The van der Waals surface area contributed by atoms with Gasteiger partial charge in [0.15, 0.2) is 5.60 Å². The zero-order valence-corrected chi connectivity index (χ0v) is 12.9. The Labute approximate surface area is 120 Å². The van der Waals surface area contributed by atoms with Crippen LogP contribution in [-0.2, 0) is 4.79 Å². The minimum atomic E-state index is -1.96. The van der Waals surface area contributed by atoms with Crippen LogP contribution in [0, 0.1) is 0 Å². The molecule has 0 aromatic carbocycles. The smallest absolute Gasteiger partial charge is 0.337 e. The van der Waals surface area contributed by atoms with Gasteiger partial charge in [0.1, 0.15) is 0 Å². The minimum absolute atomic E-state index is 0.341. The van der Waals surface area contributed by atoms with Crippen LogP contribution in [0.15, 0.2) is 0 Å². The number of carboxylic acid groups (broad SMARTS) is 1. The van der Waals surface area contributed by atoms with Gasteiger partial charge in [-0.3, -0.25) is 4.90 Å². The third kappa shape index (κ3) is 6.72. The van der Waals surface area contributed by atoms with E-state index in [-0.39, 0.29) is 6.54 Å². The van der Waals surface area contributed by atoms with Crippen LogP contribution < -0.4 is 10.6 Å². The van der Waals surface area contributed by atoms with Gasteiger partial charge in [-0.15, -0.1) is 0 Å². The van der Waals surface area contributed by atoms with Crippen molar-refractivity contribution >= 4 is 12.0 Å². The molecular formula is C13H27N3O4. The average Bonchev–Trinajstić information content (AvgIpc) is 2.30. The Morgan fingerprint density at radius 3 is 2.05 bits per heavy atom. The van der Waals surface area contributed by atoms with Gasteiger partial charge in [0.25, 0.3) is 0 Å². The number of carbonyl (C=O) groups is 2. The summed E-state index contributed by atoms with van der Waals surface area (Å²) in [4.78, 5) is 24.4. The number of hydrogen-bond acceptors (Lipinski definition) is 4. The van der Waals surface area contributed by atoms with E-state index in [0.717, 1.165) is 6.92 Å². The molecule has 20 heavy (non-hydrogen) atoms. The first-order valence-electron chi connectivity index (χ1n) is 6.81. The van der Waals surface area contributed by atoms with Crippen molar-refractivity contribution in [3.05, 3.63) is 0 Å². The van der Waals surface area contributed by atoms with E-state index in [1.54, 1.807) is 0 Å². The number of aliphatic carboxylic acids is 1. The molecule has 0 bridgehead atoms. The van der Waals surface area contributed by atoms with Crippen molar-refractivity contribution in [2.24, 2.45) is 0 Å². The molecule has 7 heteroatoms. The van der Waals surface area contributed by atoms with E-state index >= 15 is 0 Å². The molecule has 0 aliphatic carbocycles. The highest BCUT2D eigenvalue weighted by molar-refractivity contribution is 5.79. The summed E-state index contributed by atoms with van der Waals surface area (Å²) in [6.07, 6.45) is 0. The van der Waals surface area contributed by atoms with Crippen LogP contribution >= 0.6 is 0 Å². The van der Waals surface area contributed by atoms with Crippen LogP contribution in [0.1, 0.15) is 34.6 Å². The van der Waals surface area contributed by atoms with Crippen molar-refractivity contribution in [3.63, 3.8) is 0 Å².